The Bertz CT molecular complexity index is 1410. The summed E-state index contributed by atoms with van der Waals surface area (Å²) in [7, 11) is 0. The molecule has 2 heterocycles. The highest BCUT2D eigenvalue weighted by atomic mass is 19.3. The van der Waals surface area contributed by atoms with Gasteiger partial charge in [-0.2, -0.15) is 13.9 Å². The molecule has 9 heteroatoms. The first-order valence-electron chi connectivity index (χ1n) is 11.5. The van der Waals surface area contributed by atoms with E-state index in [9.17, 15) is 22.8 Å². The number of aromatic nitrogens is 2. The van der Waals surface area contributed by atoms with Crippen molar-refractivity contribution in [2.75, 3.05) is 4.90 Å². The highest BCUT2D eigenvalue weighted by Gasteiger charge is 2.45. The summed E-state index contributed by atoms with van der Waals surface area (Å²) in [6.07, 6.45) is 1.57. The van der Waals surface area contributed by atoms with Crippen LogP contribution < -0.4 is 10.2 Å². The number of hydrogen-bond donors (Lipinski definition) is 1. The molecule has 0 spiro atoms. The quantitative estimate of drug-likeness (QED) is 0.419. The Hall–Kier alpha value is -4.14. The number of nitrogens with zero attached hydrogens (tertiary/aromatic N) is 3. The van der Waals surface area contributed by atoms with Gasteiger partial charge in [-0.3, -0.25) is 14.3 Å². The van der Waals surface area contributed by atoms with E-state index in [1.807, 2.05) is 18.2 Å². The average molecular weight is 493 g/mol. The molecule has 0 radical (unpaired) electrons. The maximum absolute atomic E-state index is 13.6. The summed E-state index contributed by atoms with van der Waals surface area (Å²) in [5.41, 5.74) is 3.00. The van der Waals surface area contributed by atoms with Gasteiger partial charge < -0.3 is 10.2 Å². The van der Waals surface area contributed by atoms with Gasteiger partial charge in [-0.15, -0.1) is 0 Å². The second-order valence-electron chi connectivity index (χ2n) is 8.96. The van der Waals surface area contributed by atoms with Crippen molar-refractivity contribution in [3.8, 4) is 0 Å². The number of hydrogen-bond acceptors (Lipinski definition) is 3. The number of alkyl halides is 2. The van der Waals surface area contributed by atoms with Gasteiger partial charge in [-0.1, -0.05) is 42.5 Å². The van der Waals surface area contributed by atoms with Gasteiger partial charge in [-0.05, 0) is 41.5 Å². The van der Waals surface area contributed by atoms with Crippen molar-refractivity contribution >= 4 is 28.4 Å². The molecule has 0 unspecified atom stereocenters. The largest absolute Gasteiger partial charge is 0.345 e. The Kier molecular flexibility index (Phi) is 5.99. The summed E-state index contributed by atoms with van der Waals surface area (Å²) >= 11 is 0. The number of benzene rings is 3. The molecule has 5 rings (SSSR count). The van der Waals surface area contributed by atoms with Crippen LogP contribution in [0.3, 0.4) is 0 Å². The van der Waals surface area contributed by atoms with Gasteiger partial charge in [0.2, 0.25) is 5.91 Å². The second-order valence-corrected chi connectivity index (χ2v) is 8.96. The standard InChI is InChI=1S/C27H23F3N4O2/c1-27(29,30)26(36)32-22-14-24(35)34(25(22)18-5-3-2-4-6-18)21-11-12-23-19(13-21)15-31-33(23)16-17-7-9-20(28)10-8-17/h2-13,15,22,25H,14,16H2,1H3,(H,32,36)/t22-,25+/m1/s1. The third-order valence-corrected chi connectivity index (χ3v) is 6.33. The van der Waals surface area contributed by atoms with Crippen LogP contribution in [0.15, 0.2) is 79.0 Å². The minimum atomic E-state index is -3.56. The van der Waals surface area contributed by atoms with Crippen LogP contribution >= 0.6 is 0 Å². The minimum absolute atomic E-state index is 0.108. The van der Waals surface area contributed by atoms with E-state index in [0.717, 1.165) is 22.0 Å². The normalized spacial score (nSPS) is 18.1. The van der Waals surface area contributed by atoms with Crippen LogP contribution in [-0.2, 0) is 16.1 Å². The molecule has 1 fully saturated rings. The van der Waals surface area contributed by atoms with Gasteiger partial charge in [0, 0.05) is 24.4 Å². The number of rotatable bonds is 6. The molecule has 1 saturated heterocycles. The lowest BCUT2D eigenvalue weighted by molar-refractivity contribution is -0.143. The highest BCUT2D eigenvalue weighted by molar-refractivity contribution is 6.00. The molecule has 1 aliphatic rings. The number of fused-ring (bicyclic) bond motifs is 1. The first kappa shape index (κ1) is 23.6. The summed E-state index contributed by atoms with van der Waals surface area (Å²) in [5, 5.41) is 7.59. The molecule has 1 N–H and O–H groups in total. The number of carbonyl (C=O) groups is 2. The van der Waals surface area contributed by atoms with Crippen LogP contribution in [0.1, 0.15) is 30.5 Å². The molecule has 2 atom stereocenters. The molecule has 0 bridgehead atoms. The van der Waals surface area contributed by atoms with E-state index in [1.54, 1.807) is 58.2 Å². The van der Waals surface area contributed by atoms with Crippen molar-refractivity contribution in [2.24, 2.45) is 0 Å². The third-order valence-electron chi connectivity index (χ3n) is 6.33. The fourth-order valence-corrected chi connectivity index (χ4v) is 4.61. The smallest absolute Gasteiger partial charge is 0.321 e. The lowest BCUT2D eigenvalue weighted by atomic mass is 9.99. The number of halogens is 3. The summed E-state index contributed by atoms with van der Waals surface area (Å²) < 4.78 is 42.3. The van der Waals surface area contributed by atoms with Gasteiger partial charge in [0.05, 0.1) is 30.3 Å². The number of nitrogens with one attached hydrogen (secondary N) is 1. The zero-order valence-electron chi connectivity index (χ0n) is 19.4. The molecule has 0 aliphatic carbocycles. The number of carbonyl (C=O) groups excluding carboxylic acids is 2. The predicted octanol–water partition coefficient (Wildman–Crippen LogP) is 4.84. The Morgan fingerprint density at radius 1 is 1.08 bits per heavy atom. The molecular weight excluding hydrogens is 469 g/mol. The van der Waals surface area contributed by atoms with Crippen molar-refractivity contribution in [1.29, 1.82) is 0 Å². The fourth-order valence-electron chi connectivity index (χ4n) is 4.61. The van der Waals surface area contributed by atoms with Crippen LogP contribution in [0.5, 0.6) is 0 Å². The van der Waals surface area contributed by atoms with Crippen LogP contribution in [0.4, 0.5) is 18.9 Å². The fraction of sp³-hybridized carbons (Fsp3) is 0.222. The number of amides is 2. The molecule has 184 valence electrons. The molecule has 1 aromatic heterocycles. The lowest BCUT2D eigenvalue weighted by Crippen LogP contribution is -2.46. The first-order chi connectivity index (χ1) is 17.2. The lowest BCUT2D eigenvalue weighted by Gasteiger charge is -2.29. The molecule has 36 heavy (non-hydrogen) atoms. The Balaban J connectivity index is 1.48. The molecule has 3 aromatic carbocycles. The van der Waals surface area contributed by atoms with E-state index in [2.05, 4.69) is 10.4 Å². The molecule has 2 amide bonds. The molecule has 0 saturated carbocycles. The summed E-state index contributed by atoms with van der Waals surface area (Å²) in [6.45, 7) is 0.976. The average Bonchev–Trinajstić information content (AvgIpc) is 3.40. The Morgan fingerprint density at radius 3 is 2.50 bits per heavy atom. The highest BCUT2D eigenvalue weighted by Crippen LogP contribution is 2.38. The van der Waals surface area contributed by atoms with E-state index in [-0.39, 0.29) is 18.1 Å². The van der Waals surface area contributed by atoms with Crippen LogP contribution in [0, 0.1) is 5.82 Å². The van der Waals surface area contributed by atoms with E-state index in [1.165, 1.54) is 12.1 Å². The zero-order valence-corrected chi connectivity index (χ0v) is 19.4. The van der Waals surface area contributed by atoms with Crippen molar-refractivity contribution in [3.63, 3.8) is 0 Å². The van der Waals surface area contributed by atoms with Crippen LogP contribution in [-0.4, -0.2) is 33.6 Å². The van der Waals surface area contributed by atoms with Crippen LogP contribution in [0.25, 0.3) is 10.9 Å². The van der Waals surface area contributed by atoms with Crippen LogP contribution in [0.2, 0.25) is 0 Å². The maximum Gasteiger partial charge on any atom is 0.321 e. The predicted molar refractivity (Wildman–Crippen MR) is 129 cm³/mol. The first-order valence-corrected chi connectivity index (χ1v) is 11.5. The monoisotopic (exact) mass is 492 g/mol. The summed E-state index contributed by atoms with van der Waals surface area (Å²) in [4.78, 5) is 26.8. The molecule has 4 aromatic rings. The van der Waals surface area contributed by atoms with Gasteiger partial charge in [0.25, 0.3) is 5.91 Å². The molecule has 6 nitrogen and oxygen atoms in total. The van der Waals surface area contributed by atoms with Gasteiger partial charge in [0.15, 0.2) is 0 Å². The van der Waals surface area contributed by atoms with Crippen molar-refractivity contribution in [2.45, 2.75) is 37.9 Å². The Labute approximate surface area is 205 Å². The second kappa shape index (κ2) is 9.14. The topological polar surface area (TPSA) is 67.2 Å². The molecule has 1 aliphatic heterocycles. The molecular formula is C27H23F3N4O2. The minimum Gasteiger partial charge on any atom is -0.345 e. The summed E-state index contributed by atoms with van der Waals surface area (Å²) in [5.74, 6) is -5.57. The van der Waals surface area contributed by atoms with E-state index in [4.69, 9.17) is 0 Å². The van der Waals surface area contributed by atoms with Gasteiger partial charge in [0.1, 0.15) is 5.82 Å². The zero-order chi connectivity index (χ0) is 25.4. The number of anilines is 1. The van der Waals surface area contributed by atoms with E-state index >= 15 is 0 Å². The van der Waals surface area contributed by atoms with Crippen molar-refractivity contribution in [1.82, 2.24) is 15.1 Å². The van der Waals surface area contributed by atoms with Crippen molar-refractivity contribution in [3.05, 3.63) is 95.9 Å². The van der Waals surface area contributed by atoms with Gasteiger partial charge >= 0.3 is 5.92 Å². The Morgan fingerprint density at radius 2 is 1.81 bits per heavy atom. The summed E-state index contributed by atoms with van der Waals surface area (Å²) in [6, 6.07) is 19.1. The SMILES string of the molecule is CC(F)(F)C(=O)N[C@@H]1CC(=O)N(c2ccc3c(cnn3Cc3ccc(F)cc3)c2)[C@H]1c1ccccc1. The van der Waals surface area contributed by atoms with Gasteiger partial charge in [-0.25, -0.2) is 4.39 Å². The van der Waals surface area contributed by atoms with Crippen molar-refractivity contribution < 1.29 is 22.8 Å². The maximum atomic E-state index is 13.6. The third kappa shape index (κ3) is 4.56. The van der Waals surface area contributed by atoms with E-state index < -0.39 is 23.9 Å². The van der Waals surface area contributed by atoms with E-state index in [0.29, 0.717) is 19.2 Å².